The molecule has 24 heavy (non-hydrogen) atoms. The van der Waals surface area contributed by atoms with Gasteiger partial charge in [-0.2, -0.15) is 0 Å². The number of pyridine rings is 1. The van der Waals surface area contributed by atoms with E-state index < -0.39 is 0 Å². The van der Waals surface area contributed by atoms with E-state index in [0.717, 1.165) is 50.0 Å². The fourth-order valence-electron chi connectivity index (χ4n) is 3.77. The molecule has 1 amide bonds. The molecule has 0 bridgehead atoms. The van der Waals surface area contributed by atoms with Crippen LogP contribution in [0.25, 0.3) is 11.1 Å². The third kappa shape index (κ3) is 2.52. The van der Waals surface area contributed by atoms with Crippen LogP contribution in [0.4, 0.5) is 0 Å². The number of carbonyl (C=O) groups excluding carboxylic acids is 1. The van der Waals surface area contributed by atoms with Crippen molar-refractivity contribution in [1.29, 1.82) is 0 Å². The third-order valence-electron chi connectivity index (χ3n) is 4.94. The van der Waals surface area contributed by atoms with Crippen molar-refractivity contribution in [3.05, 3.63) is 46.4 Å². The zero-order valence-corrected chi connectivity index (χ0v) is 13.6. The largest absolute Gasteiger partial charge is 0.339 e. The maximum absolute atomic E-state index is 13.2. The molecule has 1 saturated heterocycles. The average Bonchev–Trinajstić information content (AvgIpc) is 3.13. The van der Waals surface area contributed by atoms with E-state index in [1.165, 1.54) is 12.7 Å². The molecule has 124 valence electrons. The minimum Gasteiger partial charge on any atom is -0.339 e. The average molecular weight is 324 g/mol. The summed E-state index contributed by atoms with van der Waals surface area (Å²) in [7, 11) is 0. The molecule has 2 aliphatic rings. The summed E-state index contributed by atoms with van der Waals surface area (Å²) in [6, 6.07) is 1.57. The van der Waals surface area contributed by atoms with Gasteiger partial charge in [-0.05, 0) is 32.1 Å². The number of likely N-dealkylation sites (tertiary alicyclic amines) is 1. The van der Waals surface area contributed by atoms with Crippen LogP contribution >= 0.6 is 0 Å². The Labute approximate surface area is 140 Å². The smallest absolute Gasteiger partial charge is 0.256 e. The van der Waals surface area contributed by atoms with Crippen LogP contribution in [-0.2, 0) is 13.0 Å². The number of aromatic nitrogens is 3. The minimum atomic E-state index is -0.0449. The molecule has 4 heterocycles. The molecule has 0 atom stereocenters. The molecule has 4 rings (SSSR count). The zero-order chi connectivity index (χ0) is 16.5. The van der Waals surface area contributed by atoms with Crippen LogP contribution in [0.15, 0.2) is 29.6 Å². The fraction of sp³-hybridized carbons (Fsp3) is 0.444. The number of nitrogens with zero attached hydrogens (tertiary/aromatic N) is 4. The third-order valence-corrected chi connectivity index (χ3v) is 4.94. The van der Waals surface area contributed by atoms with Gasteiger partial charge < -0.3 is 9.47 Å². The number of hydrogen-bond acceptors (Lipinski definition) is 4. The summed E-state index contributed by atoms with van der Waals surface area (Å²) < 4.78 is 1.75. The van der Waals surface area contributed by atoms with Crippen molar-refractivity contribution in [2.24, 2.45) is 0 Å². The molecule has 6 heteroatoms. The van der Waals surface area contributed by atoms with Crippen molar-refractivity contribution in [3.63, 3.8) is 0 Å². The molecule has 0 aliphatic carbocycles. The van der Waals surface area contributed by atoms with Crippen LogP contribution in [0.5, 0.6) is 0 Å². The molecule has 6 nitrogen and oxygen atoms in total. The van der Waals surface area contributed by atoms with E-state index >= 15 is 0 Å². The fourth-order valence-corrected chi connectivity index (χ4v) is 3.77. The minimum absolute atomic E-state index is 0.0409. The van der Waals surface area contributed by atoms with E-state index in [4.69, 9.17) is 0 Å². The summed E-state index contributed by atoms with van der Waals surface area (Å²) in [5.74, 6) is 0.0409. The normalized spacial score (nSPS) is 16.9. The predicted molar refractivity (Wildman–Crippen MR) is 89.8 cm³/mol. The Balaban J connectivity index is 1.89. The van der Waals surface area contributed by atoms with E-state index in [1.54, 1.807) is 23.0 Å². The number of amides is 1. The molecule has 1 fully saturated rings. The van der Waals surface area contributed by atoms with E-state index in [9.17, 15) is 9.59 Å². The first-order valence-corrected chi connectivity index (χ1v) is 8.57. The Kier molecular flexibility index (Phi) is 3.88. The molecule has 0 N–H and O–H groups in total. The van der Waals surface area contributed by atoms with Gasteiger partial charge in [0.1, 0.15) is 6.33 Å². The molecule has 0 spiro atoms. The van der Waals surface area contributed by atoms with Crippen molar-refractivity contribution in [1.82, 2.24) is 19.4 Å². The van der Waals surface area contributed by atoms with Crippen molar-refractivity contribution < 1.29 is 4.79 Å². The molecule has 0 unspecified atom stereocenters. The van der Waals surface area contributed by atoms with Gasteiger partial charge in [-0.15, -0.1) is 0 Å². The van der Waals surface area contributed by atoms with E-state index in [2.05, 4.69) is 9.97 Å². The van der Waals surface area contributed by atoms with Gasteiger partial charge in [0.25, 0.3) is 11.5 Å². The van der Waals surface area contributed by atoms with Crippen LogP contribution in [-0.4, -0.2) is 38.4 Å². The Morgan fingerprint density at radius 1 is 1.00 bits per heavy atom. The maximum Gasteiger partial charge on any atom is 0.256 e. The van der Waals surface area contributed by atoms with E-state index in [-0.39, 0.29) is 11.5 Å². The summed E-state index contributed by atoms with van der Waals surface area (Å²) in [6.45, 7) is 2.28. The second kappa shape index (κ2) is 6.19. The van der Waals surface area contributed by atoms with E-state index in [0.29, 0.717) is 17.7 Å². The van der Waals surface area contributed by atoms with Gasteiger partial charge >= 0.3 is 0 Å². The molecule has 2 aromatic rings. The topological polar surface area (TPSA) is 68.1 Å². The molecular formula is C18H20N4O2. The first-order valence-electron chi connectivity index (χ1n) is 8.57. The number of hydrogen-bond donors (Lipinski definition) is 0. The van der Waals surface area contributed by atoms with Crippen molar-refractivity contribution in [3.8, 4) is 11.1 Å². The van der Waals surface area contributed by atoms with Gasteiger partial charge in [0, 0.05) is 54.9 Å². The zero-order valence-electron chi connectivity index (χ0n) is 13.6. The highest BCUT2D eigenvalue weighted by molar-refractivity contribution is 6.02. The van der Waals surface area contributed by atoms with Crippen LogP contribution in [0, 0.1) is 0 Å². The molecule has 2 aromatic heterocycles. The van der Waals surface area contributed by atoms with Crippen molar-refractivity contribution in [2.45, 2.75) is 38.6 Å². The molecule has 0 saturated carbocycles. The summed E-state index contributed by atoms with van der Waals surface area (Å²) in [5.41, 5.74) is 2.90. The quantitative estimate of drug-likeness (QED) is 0.846. The number of rotatable bonds is 2. The highest BCUT2D eigenvalue weighted by atomic mass is 16.2. The van der Waals surface area contributed by atoms with Gasteiger partial charge in [-0.25, -0.2) is 9.97 Å². The molecule has 0 aromatic carbocycles. The van der Waals surface area contributed by atoms with Crippen molar-refractivity contribution >= 4 is 5.91 Å². The predicted octanol–water partition coefficient (Wildman–Crippen LogP) is 1.88. The maximum atomic E-state index is 13.2. The Bertz CT molecular complexity index is 823. The highest BCUT2D eigenvalue weighted by Crippen LogP contribution is 2.29. The summed E-state index contributed by atoms with van der Waals surface area (Å²) in [5, 5.41) is 0. The van der Waals surface area contributed by atoms with Gasteiger partial charge in [0.05, 0.1) is 5.56 Å². The van der Waals surface area contributed by atoms with Crippen LogP contribution in [0.1, 0.15) is 41.7 Å². The summed E-state index contributed by atoms with van der Waals surface area (Å²) in [6.07, 6.45) is 9.73. The lowest BCUT2D eigenvalue weighted by molar-refractivity contribution is 0.0723. The Hall–Kier alpha value is -2.50. The highest BCUT2D eigenvalue weighted by Gasteiger charge is 2.28. The van der Waals surface area contributed by atoms with Gasteiger partial charge in [0.2, 0.25) is 0 Å². The first kappa shape index (κ1) is 15.1. The lowest BCUT2D eigenvalue weighted by Crippen LogP contribution is -2.37. The lowest BCUT2D eigenvalue weighted by atomic mass is 9.98. The summed E-state index contributed by atoms with van der Waals surface area (Å²) >= 11 is 0. The number of piperidine rings is 1. The monoisotopic (exact) mass is 324 g/mol. The van der Waals surface area contributed by atoms with E-state index in [1.807, 2.05) is 4.90 Å². The SMILES string of the molecule is O=C(c1c(-c2cncnc2)cc(=O)n2c1CCC2)N1CCCCC1. The lowest BCUT2D eigenvalue weighted by Gasteiger charge is -2.28. The molecule has 2 aliphatic heterocycles. The van der Waals surface area contributed by atoms with Gasteiger partial charge in [-0.3, -0.25) is 9.59 Å². The first-order chi connectivity index (χ1) is 11.8. The number of fused-ring (bicyclic) bond motifs is 1. The molecular weight excluding hydrogens is 304 g/mol. The Morgan fingerprint density at radius 3 is 2.50 bits per heavy atom. The number of carbonyl (C=O) groups is 1. The van der Waals surface area contributed by atoms with Crippen LogP contribution in [0.2, 0.25) is 0 Å². The second-order valence-corrected chi connectivity index (χ2v) is 6.45. The van der Waals surface area contributed by atoms with Gasteiger partial charge in [0.15, 0.2) is 0 Å². The standard InChI is InChI=1S/C18H20N4O2/c23-16-9-14(13-10-19-12-20-11-13)17(15-5-4-8-22(15)16)18(24)21-6-2-1-3-7-21/h9-12H,1-8H2. The summed E-state index contributed by atoms with van der Waals surface area (Å²) in [4.78, 5) is 35.7. The van der Waals surface area contributed by atoms with Crippen LogP contribution < -0.4 is 5.56 Å². The Morgan fingerprint density at radius 2 is 1.75 bits per heavy atom. The van der Waals surface area contributed by atoms with Gasteiger partial charge in [-0.1, -0.05) is 0 Å². The second-order valence-electron chi connectivity index (χ2n) is 6.45. The van der Waals surface area contributed by atoms with Crippen LogP contribution in [0.3, 0.4) is 0 Å². The molecule has 0 radical (unpaired) electrons. The van der Waals surface area contributed by atoms with Crippen molar-refractivity contribution in [2.75, 3.05) is 13.1 Å².